The Balaban J connectivity index is 2.37. The smallest absolute Gasteiger partial charge is 0.239 e. The summed E-state index contributed by atoms with van der Waals surface area (Å²) >= 11 is 2.12. The van der Waals surface area contributed by atoms with Crippen LogP contribution in [-0.2, 0) is 4.79 Å². The Labute approximate surface area is 102 Å². The Morgan fingerprint density at radius 1 is 1.60 bits per heavy atom. The lowest BCUT2D eigenvalue weighted by molar-refractivity contribution is -0.119. The fourth-order valence-corrected chi connectivity index (χ4v) is 1.42. The molecule has 2 N–H and O–H groups in total. The molecule has 15 heavy (non-hydrogen) atoms. The second-order valence-corrected chi connectivity index (χ2v) is 4.08. The molecule has 0 fully saturated rings. The Bertz CT molecular complexity index is 332. The highest BCUT2D eigenvalue weighted by molar-refractivity contribution is 14.1. The van der Waals surface area contributed by atoms with Crippen LogP contribution in [0.15, 0.2) is 12.5 Å². The molecule has 0 radical (unpaired) electrons. The van der Waals surface area contributed by atoms with Gasteiger partial charge in [0.1, 0.15) is 12.1 Å². The summed E-state index contributed by atoms with van der Waals surface area (Å²) in [5, 5.41) is 5.73. The van der Waals surface area contributed by atoms with Crippen LogP contribution in [0, 0.1) is 3.57 Å². The summed E-state index contributed by atoms with van der Waals surface area (Å²) in [7, 11) is 0. The molecule has 5 nitrogen and oxygen atoms in total. The fourth-order valence-electron chi connectivity index (χ4n) is 0.934. The van der Waals surface area contributed by atoms with Crippen molar-refractivity contribution in [3.05, 3.63) is 16.1 Å². The number of hydrogen-bond acceptors (Lipinski definition) is 4. The lowest BCUT2D eigenvalue weighted by Gasteiger charge is -2.06. The second-order valence-electron chi connectivity index (χ2n) is 2.92. The van der Waals surface area contributed by atoms with E-state index in [1.165, 1.54) is 6.33 Å². The van der Waals surface area contributed by atoms with Crippen molar-refractivity contribution < 1.29 is 4.79 Å². The predicted octanol–water partition coefficient (Wildman–Crippen LogP) is 1.02. The van der Waals surface area contributed by atoms with Gasteiger partial charge >= 0.3 is 0 Å². The largest absolute Gasteiger partial charge is 0.360 e. The minimum Gasteiger partial charge on any atom is -0.360 e. The molecule has 0 saturated heterocycles. The molecule has 0 atom stereocenters. The standard InChI is InChI=1S/C9H13IN4O/c1-2-3-12-8(15)5-13-9-7(10)4-11-6-14-9/h4,6H,2-3,5H2,1H3,(H,12,15)(H,11,13,14). The van der Waals surface area contributed by atoms with Crippen LogP contribution in [0.1, 0.15) is 13.3 Å². The Morgan fingerprint density at radius 3 is 3.07 bits per heavy atom. The maximum Gasteiger partial charge on any atom is 0.239 e. The first-order valence-corrected chi connectivity index (χ1v) is 5.78. The first-order chi connectivity index (χ1) is 7.24. The van der Waals surface area contributed by atoms with Crippen molar-refractivity contribution >= 4 is 34.3 Å². The molecule has 0 aromatic carbocycles. The molecule has 1 rings (SSSR count). The number of carbonyl (C=O) groups excluding carboxylic acids is 1. The van der Waals surface area contributed by atoms with Gasteiger partial charge in [-0.1, -0.05) is 6.92 Å². The lowest BCUT2D eigenvalue weighted by atomic mass is 10.4. The zero-order valence-corrected chi connectivity index (χ0v) is 10.6. The second kappa shape index (κ2) is 6.54. The van der Waals surface area contributed by atoms with Gasteiger partial charge in [0.05, 0.1) is 10.1 Å². The van der Waals surface area contributed by atoms with E-state index in [2.05, 4.69) is 43.2 Å². The van der Waals surface area contributed by atoms with E-state index in [1.807, 2.05) is 6.92 Å². The van der Waals surface area contributed by atoms with Gasteiger partial charge in [-0.2, -0.15) is 0 Å². The summed E-state index contributed by atoms with van der Waals surface area (Å²) in [6.45, 7) is 2.97. The third-order valence-electron chi connectivity index (χ3n) is 1.66. The van der Waals surface area contributed by atoms with Crippen molar-refractivity contribution in [2.24, 2.45) is 0 Å². The molecule has 1 aromatic rings. The zero-order chi connectivity index (χ0) is 11.1. The number of carbonyl (C=O) groups is 1. The molecule has 6 heteroatoms. The molecule has 1 amide bonds. The van der Waals surface area contributed by atoms with Gasteiger partial charge in [-0.05, 0) is 29.0 Å². The van der Waals surface area contributed by atoms with Crippen molar-refractivity contribution in [3.63, 3.8) is 0 Å². The first-order valence-electron chi connectivity index (χ1n) is 4.70. The van der Waals surface area contributed by atoms with E-state index in [0.717, 1.165) is 9.99 Å². The average Bonchev–Trinajstić information content (AvgIpc) is 2.25. The Morgan fingerprint density at radius 2 is 2.40 bits per heavy atom. The van der Waals surface area contributed by atoms with Gasteiger partial charge in [0.2, 0.25) is 5.91 Å². The van der Waals surface area contributed by atoms with Gasteiger partial charge in [-0.25, -0.2) is 9.97 Å². The van der Waals surface area contributed by atoms with Gasteiger partial charge < -0.3 is 10.6 Å². The summed E-state index contributed by atoms with van der Waals surface area (Å²) < 4.78 is 0.901. The summed E-state index contributed by atoms with van der Waals surface area (Å²) in [6.07, 6.45) is 4.09. The Hall–Kier alpha value is -0.920. The SMILES string of the molecule is CCCNC(=O)CNc1ncncc1I. The maximum absolute atomic E-state index is 11.3. The molecule has 0 aliphatic rings. The van der Waals surface area contributed by atoms with Crippen LogP contribution < -0.4 is 10.6 Å². The summed E-state index contributed by atoms with van der Waals surface area (Å²) in [5.41, 5.74) is 0. The minimum absolute atomic E-state index is 0.0220. The van der Waals surface area contributed by atoms with Crippen molar-refractivity contribution in [3.8, 4) is 0 Å². The van der Waals surface area contributed by atoms with Crippen LogP contribution >= 0.6 is 22.6 Å². The highest BCUT2D eigenvalue weighted by atomic mass is 127. The molecular weight excluding hydrogens is 307 g/mol. The number of hydrogen-bond donors (Lipinski definition) is 2. The van der Waals surface area contributed by atoms with Crippen molar-refractivity contribution in [1.29, 1.82) is 0 Å². The molecule has 0 aliphatic heterocycles. The topological polar surface area (TPSA) is 66.9 Å². The number of nitrogens with one attached hydrogen (secondary N) is 2. The van der Waals surface area contributed by atoms with Crippen LogP contribution in [0.5, 0.6) is 0 Å². The van der Waals surface area contributed by atoms with Crippen LogP contribution in [-0.4, -0.2) is 29.0 Å². The van der Waals surface area contributed by atoms with E-state index in [0.29, 0.717) is 12.4 Å². The number of anilines is 1. The predicted molar refractivity (Wildman–Crippen MR) is 66.5 cm³/mol. The van der Waals surface area contributed by atoms with E-state index in [-0.39, 0.29) is 12.5 Å². The van der Waals surface area contributed by atoms with E-state index >= 15 is 0 Å². The molecular formula is C9H13IN4O. The van der Waals surface area contributed by atoms with Crippen LogP contribution in [0.4, 0.5) is 5.82 Å². The van der Waals surface area contributed by atoms with E-state index in [9.17, 15) is 4.79 Å². The molecule has 0 bridgehead atoms. The minimum atomic E-state index is -0.0220. The number of halogens is 1. The quantitative estimate of drug-likeness (QED) is 0.795. The van der Waals surface area contributed by atoms with Gasteiger partial charge in [-0.15, -0.1) is 0 Å². The Kier molecular flexibility index (Phi) is 5.30. The number of rotatable bonds is 5. The van der Waals surface area contributed by atoms with Crippen molar-refractivity contribution in [1.82, 2.24) is 15.3 Å². The molecule has 0 saturated carbocycles. The summed E-state index contributed by atoms with van der Waals surface area (Å²) in [5.74, 6) is 0.670. The third-order valence-corrected chi connectivity index (χ3v) is 2.45. The molecule has 1 heterocycles. The van der Waals surface area contributed by atoms with E-state index in [1.54, 1.807) is 6.20 Å². The van der Waals surface area contributed by atoms with Crippen LogP contribution in [0.2, 0.25) is 0 Å². The average molecular weight is 320 g/mol. The van der Waals surface area contributed by atoms with Gasteiger partial charge in [0, 0.05) is 12.7 Å². The van der Waals surface area contributed by atoms with Crippen LogP contribution in [0.25, 0.3) is 0 Å². The maximum atomic E-state index is 11.3. The van der Waals surface area contributed by atoms with Gasteiger partial charge in [-0.3, -0.25) is 4.79 Å². The lowest BCUT2D eigenvalue weighted by Crippen LogP contribution is -2.30. The van der Waals surface area contributed by atoms with Crippen LogP contribution in [0.3, 0.4) is 0 Å². The highest BCUT2D eigenvalue weighted by Crippen LogP contribution is 2.11. The molecule has 0 spiro atoms. The summed E-state index contributed by atoms with van der Waals surface area (Å²) in [4.78, 5) is 19.2. The molecule has 0 aliphatic carbocycles. The number of nitrogens with zero attached hydrogens (tertiary/aromatic N) is 2. The van der Waals surface area contributed by atoms with Gasteiger partial charge in [0.25, 0.3) is 0 Å². The number of amides is 1. The van der Waals surface area contributed by atoms with Gasteiger partial charge in [0.15, 0.2) is 0 Å². The normalized spacial score (nSPS) is 9.73. The molecule has 0 unspecified atom stereocenters. The number of aromatic nitrogens is 2. The summed E-state index contributed by atoms with van der Waals surface area (Å²) in [6, 6.07) is 0. The monoisotopic (exact) mass is 320 g/mol. The molecule has 1 aromatic heterocycles. The van der Waals surface area contributed by atoms with Crippen molar-refractivity contribution in [2.75, 3.05) is 18.4 Å². The van der Waals surface area contributed by atoms with Crippen molar-refractivity contribution in [2.45, 2.75) is 13.3 Å². The molecule has 82 valence electrons. The first kappa shape index (κ1) is 12.2. The van der Waals surface area contributed by atoms with E-state index in [4.69, 9.17) is 0 Å². The highest BCUT2D eigenvalue weighted by Gasteiger charge is 2.03. The zero-order valence-electron chi connectivity index (χ0n) is 8.46. The fraction of sp³-hybridized carbons (Fsp3) is 0.444. The third kappa shape index (κ3) is 4.41. The van der Waals surface area contributed by atoms with E-state index < -0.39 is 0 Å².